The second-order valence-corrected chi connectivity index (χ2v) is 8.29. The predicted octanol–water partition coefficient (Wildman–Crippen LogP) is 2.62. The van der Waals surface area contributed by atoms with Crippen molar-refractivity contribution in [1.29, 1.82) is 0 Å². The van der Waals surface area contributed by atoms with E-state index < -0.39 is 18.2 Å². The fraction of sp³-hybridized carbons (Fsp3) is 0.440. The third-order valence-electron chi connectivity index (χ3n) is 5.35. The lowest BCUT2D eigenvalue weighted by molar-refractivity contribution is -0.127. The summed E-state index contributed by atoms with van der Waals surface area (Å²) in [6.07, 6.45) is -0.502. The second-order valence-electron chi connectivity index (χ2n) is 8.29. The van der Waals surface area contributed by atoms with Crippen molar-refractivity contribution in [2.24, 2.45) is 17.6 Å². The molecule has 0 aliphatic carbocycles. The summed E-state index contributed by atoms with van der Waals surface area (Å²) in [7, 11) is 0. The Balaban J connectivity index is 1.71. The van der Waals surface area contributed by atoms with E-state index in [9.17, 15) is 14.7 Å². The van der Waals surface area contributed by atoms with E-state index in [-0.39, 0.29) is 43.9 Å². The molecule has 2 amide bonds. The summed E-state index contributed by atoms with van der Waals surface area (Å²) in [5.41, 5.74) is 8.13. The maximum absolute atomic E-state index is 12.6. The molecule has 0 aliphatic heterocycles. The number of aliphatic hydroxyl groups excluding tert-OH is 1. The first-order valence-electron chi connectivity index (χ1n) is 11.1. The van der Waals surface area contributed by atoms with Gasteiger partial charge in [-0.15, -0.1) is 0 Å². The van der Waals surface area contributed by atoms with Gasteiger partial charge < -0.3 is 26.2 Å². The summed E-state index contributed by atoms with van der Waals surface area (Å²) in [6, 6.07) is 18.7. The standard InChI is InChI=1S/C25H35N3O4/c1-18(2)21(16-23(29)22(26)15-19-9-5-3-6-10-19)24(30)27-13-14-28-25(31)32-17-20-11-7-4-8-12-20/h3-12,18,21-23,29H,13-17,26H2,1-2H3,(H,27,30)(H,28,31)/t21-,22-,23-/m0/s1. The van der Waals surface area contributed by atoms with E-state index in [1.807, 2.05) is 74.5 Å². The van der Waals surface area contributed by atoms with Gasteiger partial charge in [0.2, 0.25) is 5.91 Å². The summed E-state index contributed by atoms with van der Waals surface area (Å²) >= 11 is 0. The SMILES string of the molecule is CC(C)[C@H](C[C@H](O)[C@@H](N)Cc1ccccc1)C(=O)NCCNC(=O)OCc1ccccc1. The zero-order chi connectivity index (χ0) is 23.3. The third-order valence-corrected chi connectivity index (χ3v) is 5.35. The number of ether oxygens (including phenoxy) is 1. The first-order chi connectivity index (χ1) is 15.4. The monoisotopic (exact) mass is 441 g/mol. The van der Waals surface area contributed by atoms with Gasteiger partial charge in [-0.2, -0.15) is 0 Å². The summed E-state index contributed by atoms with van der Waals surface area (Å²) in [6.45, 7) is 4.60. The minimum Gasteiger partial charge on any atom is -0.445 e. The number of hydrogen-bond donors (Lipinski definition) is 4. The fourth-order valence-electron chi connectivity index (χ4n) is 3.39. The van der Waals surface area contributed by atoms with Gasteiger partial charge in [0, 0.05) is 25.0 Å². The summed E-state index contributed by atoms with van der Waals surface area (Å²) in [5.74, 6) is -0.500. The van der Waals surface area contributed by atoms with Crippen molar-refractivity contribution in [2.45, 2.75) is 45.4 Å². The highest BCUT2D eigenvalue weighted by atomic mass is 16.5. The van der Waals surface area contributed by atoms with Crippen LogP contribution in [0.4, 0.5) is 4.79 Å². The Labute approximate surface area is 190 Å². The average Bonchev–Trinajstić information content (AvgIpc) is 2.79. The topological polar surface area (TPSA) is 114 Å². The lowest BCUT2D eigenvalue weighted by Crippen LogP contribution is -2.43. The van der Waals surface area contributed by atoms with Gasteiger partial charge in [-0.05, 0) is 29.9 Å². The molecule has 0 saturated carbocycles. The molecule has 7 heteroatoms. The van der Waals surface area contributed by atoms with Crippen LogP contribution in [0.3, 0.4) is 0 Å². The average molecular weight is 442 g/mol. The second kappa shape index (κ2) is 13.5. The number of alkyl carbamates (subject to hydrolysis) is 1. The van der Waals surface area contributed by atoms with E-state index in [0.717, 1.165) is 11.1 Å². The Bertz CT molecular complexity index is 814. The molecule has 0 spiro atoms. The van der Waals surface area contributed by atoms with Crippen molar-refractivity contribution in [3.05, 3.63) is 71.8 Å². The van der Waals surface area contributed by atoms with Gasteiger partial charge in [0.05, 0.1) is 6.10 Å². The number of carbonyl (C=O) groups is 2. The van der Waals surface area contributed by atoms with Gasteiger partial charge in [0.25, 0.3) is 0 Å². The molecular weight excluding hydrogens is 406 g/mol. The Hall–Kier alpha value is -2.90. The molecule has 0 unspecified atom stereocenters. The van der Waals surface area contributed by atoms with Gasteiger partial charge in [-0.3, -0.25) is 4.79 Å². The molecular formula is C25H35N3O4. The first kappa shape index (κ1) is 25.4. The van der Waals surface area contributed by atoms with Crippen LogP contribution >= 0.6 is 0 Å². The smallest absolute Gasteiger partial charge is 0.407 e. The van der Waals surface area contributed by atoms with Crippen molar-refractivity contribution in [1.82, 2.24) is 10.6 Å². The summed E-state index contributed by atoms with van der Waals surface area (Å²) < 4.78 is 5.14. The Morgan fingerprint density at radius 3 is 2.09 bits per heavy atom. The molecule has 0 aliphatic rings. The van der Waals surface area contributed by atoms with Crippen molar-refractivity contribution >= 4 is 12.0 Å². The summed E-state index contributed by atoms with van der Waals surface area (Å²) in [4.78, 5) is 24.4. The highest BCUT2D eigenvalue weighted by Crippen LogP contribution is 2.20. The number of aliphatic hydroxyl groups is 1. The van der Waals surface area contributed by atoms with Crippen molar-refractivity contribution < 1.29 is 19.4 Å². The van der Waals surface area contributed by atoms with Gasteiger partial charge >= 0.3 is 6.09 Å². The Kier molecular flexibility index (Phi) is 10.7. The molecule has 0 heterocycles. The molecule has 7 nitrogen and oxygen atoms in total. The number of benzene rings is 2. The molecule has 2 rings (SSSR count). The summed E-state index contributed by atoms with van der Waals surface area (Å²) in [5, 5.41) is 16.0. The van der Waals surface area contributed by atoms with Crippen LogP contribution in [-0.4, -0.2) is 42.3 Å². The quantitative estimate of drug-likeness (QED) is 0.378. The van der Waals surface area contributed by atoms with Crippen LogP contribution < -0.4 is 16.4 Å². The van der Waals surface area contributed by atoms with Crippen LogP contribution in [0.25, 0.3) is 0 Å². The van der Waals surface area contributed by atoms with E-state index in [1.165, 1.54) is 0 Å². The van der Waals surface area contributed by atoms with Crippen molar-refractivity contribution in [3.63, 3.8) is 0 Å². The Morgan fingerprint density at radius 1 is 0.938 bits per heavy atom. The van der Waals surface area contributed by atoms with Crippen molar-refractivity contribution in [3.8, 4) is 0 Å². The molecule has 0 bridgehead atoms. The van der Waals surface area contributed by atoms with Gasteiger partial charge in [-0.1, -0.05) is 74.5 Å². The molecule has 0 radical (unpaired) electrons. The highest BCUT2D eigenvalue weighted by Gasteiger charge is 2.27. The Morgan fingerprint density at radius 2 is 1.50 bits per heavy atom. The largest absolute Gasteiger partial charge is 0.445 e. The van der Waals surface area contributed by atoms with E-state index in [4.69, 9.17) is 10.5 Å². The van der Waals surface area contributed by atoms with Crippen LogP contribution in [0.5, 0.6) is 0 Å². The minimum atomic E-state index is -0.792. The molecule has 174 valence electrons. The van der Waals surface area contributed by atoms with Crippen LogP contribution in [0.1, 0.15) is 31.4 Å². The third kappa shape index (κ3) is 9.08. The van der Waals surface area contributed by atoms with Crippen LogP contribution in [0, 0.1) is 11.8 Å². The zero-order valence-corrected chi connectivity index (χ0v) is 18.9. The lowest BCUT2D eigenvalue weighted by Gasteiger charge is -2.26. The van der Waals surface area contributed by atoms with E-state index in [0.29, 0.717) is 6.42 Å². The fourth-order valence-corrected chi connectivity index (χ4v) is 3.39. The minimum absolute atomic E-state index is 0.0392. The highest BCUT2D eigenvalue weighted by molar-refractivity contribution is 5.79. The number of amides is 2. The molecule has 5 N–H and O–H groups in total. The predicted molar refractivity (Wildman–Crippen MR) is 125 cm³/mol. The molecule has 3 atom stereocenters. The molecule has 32 heavy (non-hydrogen) atoms. The number of hydrogen-bond acceptors (Lipinski definition) is 5. The van der Waals surface area contributed by atoms with Crippen LogP contribution in [-0.2, 0) is 22.6 Å². The molecule has 0 aromatic heterocycles. The van der Waals surface area contributed by atoms with Crippen LogP contribution in [0.15, 0.2) is 60.7 Å². The van der Waals surface area contributed by atoms with E-state index >= 15 is 0 Å². The number of carbonyl (C=O) groups excluding carboxylic acids is 2. The number of rotatable bonds is 12. The van der Waals surface area contributed by atoms with E-state index in [2.05, 4.69) is 10.6 Å². The van der Waals surface area contributed by atoms with Gasteiger partial charge in [0.1, 0.15) is 6.61 Å². The van der Waals surface area contributed by atoms with E-state index in [1.54, 1.807) is 0 Å². The first-order valence-corrected chi connectivity index (χ1v) is 11.1. The normalized spacial score (nSPS) is 13.8. The van der Waals surface area contributed by atoms with Crippen molar-refractivity contribution in [2.75, 3.05) is 13.1 Å². The van der Waals surface area contributed by atoms with Gasteiger partial charge in [-0.25, -0.2) is 4.79 Å². The molecule has 2 aromatic rings. The molecule has 2 aromatic carbocycles. The zero-order valence-electron chi connectivity index (χ0n) is 18.9. The number of nitrogens with one attached hydrogen (secondary N) is 2. The van der Waals surface area contributed by atoms with Crippen LogP contribution in [0.2, 0.25) is 0 Å². The van der Waals surface area contributed by atoms with Gasteiger partial charge in [0.15, 0.2) is 0 Å². The maximum atomic E-state index is 12.6. The number of nitrogens with two attached hydrogens (primary N) is 1. The molecule has 0 fully saturated rings. The maximum Gasteiger partial charge on any atom is 0.407 e. The lowest BCUT2D eigenvalue weighted by atomic mass is 9.86. The molecule has 0 saturated heterocycles.